The van der Waals surface area contributed by atoms with Crippen molar-refractivity contribution < 1.29 is 19.1 Å². The van der Waals surface area contributed by atoms with E-state index < -0.39 is 12.1 Å². The maximum Gasteiger partial charge on any atom is 0.342 e. The van der Waals surface area contributed by atoms with Crippen molar-refractivity contribution in [1.82, 2.24) is 0 Å². The number of fused-ring (bicyclic) bond motifs is 1. The Morgan fingerprint density at radius 3 is 2.41 bits per heavy atom. The summed E-state index contributed by atoms with van der Waals surface area (Å²) >= 11 is 0. The highest BCUT2D eigenvalue weighted by Gasteiger charge is 2.24. The molecule has 0 heterocycles. The van der Waals surface area contributed by atoms with E-state index in [1.807, 2.05) is 48.5 Å². The van der Waals surface area contributed by atoms with E-state index in [2.05, 4.69) is 0 Å². The Kier molecular flexibility index (Phi) is 5.43. The standard InChI is InChI=1S/C25H22O4/c1-17(24(26)20-15-14-18-8-7-9-19(18)16-20)28-25(27)22-12-5-6-13-23(22)29-21-10-3-2-4-11-21/h2-6,10-17H,7-9H2,1H3/t17-/m1/s1. The Bertz CT molecular complexity index is 1040. The Balaban J connectivity index is 1.48. The van der Waals surface area contributed by atoms with Crippen molar-refractivity contribution in [1.29, 1.82) is 0 Å². The molecule has 0 spiro atoms. The van der Waals surface area contributed by atoms with Crippen LogP contribution < -0.4 is 4.74 Å². The molecule has 0 aliphatic heterocycles. The normalized spacial score (nSPS) is 13.4. The molecule has 1 aliphatic carbocycles. The van der Waals surface area contributed by atoms with Gasteiger partial charge in [0.05, 0.1) is 0 Å². The lowest BCUT2D eigenvalue weighted by Crippen LogP contribution is -2.24. The molecule has 3 aromatic rings. The van der Waals surface area contributed by atoms with Crippen LogP contribution in [0.5, 0.6) is 11.5 Å². The van der Waals surface area contributed by atoms with E-state index in [9.17, 15) is 9.59 Å². The lowest BCUT2D eigenvalue weighted by molar-refractivity contribution is 0.0316. The average molecular weight is 386 g/mol. The van der Waals surface area contributed by atoms with Gasteiger partial charge in [-0.2, -0.15) is 0 Å². The first-order valence-electron chi connectivity index (χ1n) is 9.81. The summed E-state index contributed by atoms with van der Waals surface area (Å²) in [5, 5.41) is 0. The van der Waals surface area contributed by atoms with Crippen LogP contribution >= 0.6 is 0 Å². The summed E-state index contributed by atoms with van der Waals surface area (Å²) in [4.78, 5) is 25.5. The number of carbonyl (C=O) groups is 2. The number of benzene rings is 3. The van der Waals surface area contributed by atoms with Crippen LogP contribution in [0, 0.1) is 0 Å². The predicted molar refractivity (Wildman–Crippen MR) is 111 cm³/mol. The molecule has 4 rings (SSSR count). The van der Waals surface area contributed by atoms with Crippen molar-refractivity contribution in [3.63, 3.8) is 0 Å². The Morgan fingerprint density at radius 2 is 1.59 bits per heavy atom. The fourth-order valence-electron chi connectivity index (χ4n) is 3.58. The monoisotopic (exact) mass is 386 g/mol. The van der Waals surface area contributed by atoms with E-state index in [0.29, 0.717) is 17.1 Å². The smallest absolute Gasteiger partial charge is 0.342 e. The molecule has 1 aliphatic rings. The van der Waals surface area contributed by atoms with Crippen LogP contribution in [-0.2, 0) is 17.6 Å². The van der Waals surface area contributed by atoms with E-state index in [1.165, 1.54) is 11.1 Å². The van der Waals surface area contributed by atoms with Crippen molar-refractivity contribution in [3.8, 4) is 11.5 Å². The van der Waals surface area contributed by atoms with Crippen LogP contribution in [0.4, 0.5) is 0 Å². The first kappa shape index (κ1) is 18.9. The summed E-state index contributed by atoms with van der Waals surface area (Å²) in [6, 6.07) is 21.8. The third-order valence-corrected chi connectivity index (χ3v) is 5.11. The number of rotatable bonds is 6. The highest BCUT2D eigenvalue weighted by molar-refractivity contribution is 6.02. The number of ketones is 1. The second-order valence-corrected chi connectivity index (χ2v) is 7.16. The summed E-state index contributed by atoms with van der Waals surface area (Å²) in [5.74, 6) is 0.226. The van der Waals surface area contributed by atoms with Crippen LogP contribution in [0.25, 0.3) is 0 Å². The summed E-state index contributed by atoms with van der Waals surface area (Å²) < 4.78 is 11.3. The second-order valence-electron chi connectivity index (χ2n) is 7.16. The van der Waals surface area contributed by atoms with Gasteiger partial charge < -0.3 is 9.47 Å². The van der Waals surface area contributed by atoms with Crippen LogP contribution in [0.1, 0.15) is 45.2 Å². The van der Waals surface area contributed by atoms with E-state index >= 15 is 0 Å². The first-order valence-corrected chi connectivity index (χ1v) is 9.81. The van der Waals surface area contributed by atoms with Crippen LogP contribution in [0.15, 0.2) is 72.8 Å². The number of aryl methyl sites for hydroxylation is 2. The summed E-state index contributed by atoms with van der Waals surface area (Å²) in [6.07, 6.45) is 2.30. The number of hydrogen-bond donors (Lipinski definition) is 0. The summed E-state index contributed by atoms with van der Waals surface area (Å²) in [7, 11) is 0. The molecule has 0 amide bonds. The van der Waals surface area contributed by atoms with Gasteiger partial charge in [-0.3, -0.25) is 4.79 Å². The number of Topliss-reactive ketones (excluding diaryl/α,β-unsaturated/α-hetero) is 1. The number of para-hydroxylation sites is 2. The van der Waals surface area contributed by atoms with Gasteiger partial charge in [0.2, 0.25) is 5.78 Å². The van der Waals surface area contributed by atoms with Crippen molar-refractivity contribution in [2.75, 3.05) is 0 Å². The van der Waals surface area contributed by atoms with Gasteiger partial charge in [0.1, 0.15) is 17.1 Å². The Morgan fingerprint density at radius 1 is 0.862 bits per heavy atom. The lowest BCUT2D eigenvalue weighted by atomic mass is 10.0. The third-order valence-electron chi connectivity index (χ3n) is 5.11. The third kappa shape index (κ3) is 4.21. The van der Waals surface area contributed by atoms with E-state index in [-0.39, 0.29) is 11.3 Å². The molecule has 0 aromatic heterocycles. The highest BCUT2D eigenvalue weighted by atomic mass is 16.5. The molecular formula is C25H22O4. The largest absolute Gasteiger partial charge is 0.456 e. The van der Waals surface area contributed by atoms with Gasteiger partial charge in [0.15, 0.2) is 6.10 Å². The number of esters is 1. The molecule has 4 nitrogen and oxygen atoms in total. The zero-order valence-electron chi connectivity index (χ0n) is 16.3. The zero-order valence-corrected chi connectivity index (χ0v) is 16.3. The van der Waals surface area contributed by atoms with Crippen LogP contribution in [0.2, 0.25) is 0 Å². The number of ether oxygens (including phenoxy) is 2. The van der Waals surface area contributed by atoms with Crippen molar-refractivity contribution in [2.24, 2.45) is 0 Å². The maximum absolute atomic E-state index is 12.8. The van der Waals surface area contributed by atoms with E-state index in [1.54, 1.807) is 31.2 Å². The fourth-order valence-corrected chi connectivity index (χ4v) is 3.58. The molecule has 0 unspecified atom stereocenters. The molecule has 0 radical (unpaired) electrons. The van der Waals surface area contributed by atoms with E-state index in [4.69, 9.17) is 9.47 Å². The van der Waals surface area contributed by atoms with Gasteiger partial charge in [-0.05, 0) is 67.6 Å². The molecule has 3 aromatic carbocycles. The van der Waals surface area contributed by atoms with Crippen LogP contribution in [-0.4, -0.2) is 17.9 Å². The predicted octanol–water partition coefficient (Wildman–Crippen LogP) is 5.40. The molecule has 1 atom stereocenters. The van der Waals surface area contributed by atoms with E-state index in [0.717, 1.165) is 19.3 Å². The topological polar surface area (TPSA) is 52.6 Å². The van der Waals surface area contributed by atoms with Gasteiger partial charge in [-0.15, -0.1) is 0 Å². The molecule has 146 valence electrons. The van der Waals surface area contributed by atoms with Crippen LogP contribution in [0.3, 0.4) is 0 Å². The van der Waals surface area contributed by atoms with Crippen molar-refractivity contribution >= 4 is 11.8 Å². The molecule has 0 bridgehead atoms. The minimum Gasteiger partial charge on any atom is -0.456 e. The minimum atomic E-state index is -0.883. The molecule has 0 saturated heterocycles. The zero-order chi connectivity index (χ0) is 20.2. The Hall–Kier alpha value is -3.40. The molecule has 0 fully saturated rings. The molecule has 4 heteroatoms. The molecule has 29 heavy (non-hydrogen) atoms. The SMILES string of the molecule is C[C@@H](OC(=O)c1ccccc1Oc1ccccc1)C(=O)c1ccc2c(c1)CCC2. The first-order chi connectivity index (χ1) is 14.1. The van der Waals surface area contributed by atoms with Gasteiger partial charge >= 0.3 is 5.97 Å². The number of hydrogen-bond acceptors (Lipinski definition) is 4. The molecule has 0 saturated carbocycles. The summed E-state index contributed by atoms with van der Waals surface area (Å²) in [6.45, 7) is 1.61. The molecule has 0 N–H and O–H groups in total. The average Bonchev–Trinajstić information content (AvgIpc) is 3.22. The van der Waals surface area contributed by atoms with Gasteiger partial charge in [0.25, 0.3) is 0 Å². The van der Waals surface area contributed by atoms with Gasteiger partial charge in [-0.25, -0.2) is 4.79 Å². The minimum absolute atomic E-state index is 0.200. The Labute approximate surface area is 170 Å². The fraction of sp³-hybridized carbons (Fsp3) is 0.200. The quantitative estimate of drug-likeness (QED) is 0.421. The molecular weight excluding hydrogens is 364 g/mol. The second kappa shape index (κ2) is 8.31. The maximum atomic E-state index is 12.8. The van der Waals surface area contributed by atoms with Gasteiger partial charge in [0, 0.05) is 5.56 Å². The van der Waals surface area contributed by atoms with Gasteiger partial charge in [-0.1, -0.05) is 42.5 Å². The lowest BCUT2D eigenvalue weighted by Gasteiger charge is -2.15. The highest BCUT2D eigenvalue weighted by Crippen LogP contribution is 2.27. The number of carbonyl (C=O) groups excluding carboxylic acids is 2. The van der Waals surface area contributed by atoms with Crippen molar-refractivity contribution in [3.05, 3.63) is 95.1 Å². The summed E-state index contributed by atoms with van der Waals surface area (Å²) in [5.41, 5.74) is 3.39. The van der Waals surface area contributed by atoms with Crippen molar-refractivity contribution in [2.45, 2.75) is 32.3 Å².